The average Bonchev–Trinajstić information content (AvgIpc) is 2.56. The molecule has 0 unspecified atom stereocenters. The Balaban J connectivity index is 2.51. The van der Waals surface area contributed by atoms with E-state index in [4.69, 9.17) is 9.15 Å². The summed E-state index contributed by atoms with van der Waals surface area (Å²) in [6.07, 6.45) is 2.93. The van der Waals surface area contributed by atoms with Gasteiger partial charge in [0, 0.05) is 18.5 Å². The summed E-state index contributed by atoms with van der Waals surface area (Å²) >= 11 is 0. The van der Waals surface area contributed by atoms with E-state index >= 15 is 0 Å². The molecular weight excluding hydrogens is 302 g/mol. The van der Waals surface area contributed by atoms with Gasteiger partial charge in [-0.1, -0.05) is 0 Å². The van der Waals surface area contributed by atoms with E-state index in [1.54, 1.807) is 19.1 Å². The van der Waals surface area contributed by atoms with Crippen LogP contribution in [0.25, 0.3) is 0 Å². The number of rotatable bonds is 6. The molecule has 2 N–H and O–H groups in total. The molecule has 0 fully saturated rings. The number of carbonyl (C=O) groups excluding carboxylic acids is 1. The topological polar surface area (TPSA) is 110 Å². The van der Waals surface area contributed by atoms with E-state index in [0.717, 1.165) is 6.07 Å². The number of aromatic nitrogens is 1. The minimum Gasteiger partial charge on any atom is -0.502 e. The number of ether oxygens (including phenoxy) is 1. The molecule has 2 aromatic rings. The zero-order valence-corrected chi connectivity index (χ0v) is 12.6. The molecule has 2 rings (SSSR count). The van der Waals surface area contributed by atoms with E-state index in [-0.39, 0.29) is 24.5 Å². The summed E-state index contributed by atoms with van der Waals surface area (Å²) in [7, 11) is 0. The van der Waals surface area contributed by atoms with Crippen LogP contribution in [0.1, 0.15) is 36.3 Å². The highest BCUT2D eigenvalue weighted by molar-refractivity contribution is 5.71. The summed E-state index contributed by atoms with van der Waals surface area (Å²) < 4.78 is 10.3. The van der Waals surface area contributed by atoms with E-state index < -0.39 is 29.7 Å². The van der Waals surface area contributed by atoms with Crippen molar-refractivity contribution < 1.29 is 24.2 Å². The zero-order chi connectivity index (χ0) is 16.8. The minimum absolute atomic E-state index is 0.00529. The fraction of sp³-hybridized carbons (Fsp3) is 0.312. The Morgan fingerprint density at radius 1 is 1.39 bits per heavy atom. The number of carbonyl (C=O) groups is 1. The normalized spacial score (nSPS) is 11.9. The molecule has 0 aliphatic rings. The standard InChI is InChI=1S/C16H17NO6/c1-2-22-14(20)8-12(10-3-5-17-6-4-10)16-15(21)13(19)7-11(9-18)23-16/h3-7,12,18,21H,2,8-9H2,1H3/t12-/m0/s1. The molecule has 0 aromatic carbocycles. The van der Waals surface area contributed by atoms with Crippen molar-refractivity contribution in [2.75, 3.05) is 6.61 Å². The zero-order valence-electron chi connectivity index (χ0n) is 12.6. The molecule has 0 bridgehead atoms. The van der Waals surface area contributed by atoms with Gasteiger partial charge in [-0.15, -0.1) is 0 Å². The molecule has 122 valence electrons. The van der Waals surface area contributed by atoms with Gasteiger partial charge >= 0.3 is 5.97 Å². The lowest BCUT2D eigenvalue weighted by Gasteiger charge is -2.17. The molecule has 0 amide bonds. The number of pyridine rings is 1. The molecule has 0 aliphatic heterocycles. The lowest BCUT2D eigenvalue weighted by atomic mass is 9.93. The molecule has 7 nitrogen and oxygen atoms in total. The van der Waals surface area contributed by atoms with Crippen molar-refractivity contribution in [2.45, 2.75) is 25.9 Å². The molecule has 1 atom stereocenters. The molecule has 0 saturated carbocycles. The number of nitrogens with zero attached hydrogens (tertiary/aromatic N) is 1. The third kappa shape index (κ3) is 3.95. The first-order valence-corrected chi connectivity index (χ1v) is 7.09. The third-order valence-electron chi connectivity index (χ3n) is 3.26. The first-order valence-electron chi connectivity index (χ1n) is 7.09. The van der Waals surface area contributed by atoms with Gasteiger partial charge in [0.2, 0.25) is 11.2 Å². The maximum absolute atomic E-state index is 11.9. The van der Waals surface area contributed by atoms with Crippen molar-refractivity contribution >= 4 is 5.97 Å². The second-order valence-electron chi connectivity index (χ2n) is 4.79. The summed E-state index contributed by atoms with van der Waals surface area (Å²) in [5.74, 6) is -1.89. The number of aliphatic hydroxyl groups is 1. The van der Waals surface area contributed by atoms with Crippen LogP contribution in [-0.4, -0.2) is 27.8 Å². The van der Waals surface area contributed by atoms with Crippen LogP contribution >= 0.6 is 0 Å². The predicted octanol–water partition coefficient (Wildman–Crippen LogP) is 1.32. The van der Waals surface area contributed by atoms with Crippen molar-refractivity contribution in [3.63, 3.8) is 0 Å². The van der Waals surface area contributed by atoms with E-state index in [1.807, 2.05) is 0 Å². The molecule has 0 saturated heterocycles. The van der Waals surface area contributed by atoms with Gasteiger partial charge in [-0.3, -0.25) is 14.6 Å². The number of hydrogen-bond acceptors (Lipinski definition) is 7. The van der Waals surface area contributed by atoms with Crippen LogP contribution in [0, 0.1) is 0 Å². The largest absolute Gasteiger partial charge is 0.502 e. The third-order valence-corrected chi connectivity index (χ3v) is 3.26. The maximum Gasteiger partial charge on any atom is 0.306 e. The summed E-state index contributed by atoms with van der Waals surface area (Å²) in [6, 6.07) is 4.30. The lowest BCUT2D eigenvalue weighted by molar-refractivity contribution is -0.143. The first kappa shape index (κ1) is 16.7. The van der Waals surface area contributed by atoms with Crippen molar-refractivity contribution in [3.05, 3.63) is 57.9 Å². The number of aliphatic hydroxyl groups excluding tert-OH is 1. The van der Waals surface area contributed by atoms with E-state index in [0.29, 0.717) is 5.56 Å². The molecule has 0 spiro atoms. The quantitative estimate of drug-likeness (QED) is 0.773. The minimum atomic E-state index is -0.726. The number of aromatic hydroxyl groups is 1. The van der Waals surface area contributed by atoms with Crippen molar-refractivity contribution in [1.29, 1.82) is 0 Å². The Bertz CT molecular complexity index is 725. The Labute approximate surface area is 132 Å². The second-order valence-corrected chi connectivity index (χ2v) is 4.79. The average molecular weight is 319 g/mol. The Morgan fingerprint density at radius 3 is 2.70 bits per heavy atom. The van der Waals surface area contributed by atoms with Crippen LogP contribution in [0.15, 0.2) is 39.8 Å². The SMILES string of the molecule is CCOC(=O)C[C@@H](c1ccncc1)c1oc(CO)cc(=O)c1O. The first-order chi connectivity index (χ1) is 11.1. The van der Waals surface area contributed by atoms with Crippen molar-refractivity contribution in [2.24, 2.45) is 0 Å². The van der Waals surface area contributed by atoms with Crippen LogP contribution in [0.4, 0.5) is 0 Å². The highest BCUT2D eigenvalue weighted by Crippen LogP contribution is 2.33. The Morgan fingerprint density at radius 2 is 2.09 bits per heavy atom. The van der Waals surface area contributed by atoms with Crippen LogP contribution in [0.2, 0.25) is 0 Å². The van der Waals surface area contributed by atoms with E-state index in [1.165, 1.54) is 12.4 Å². The predicted molar refractivity (Wildman–Crippen MR) is 79.9 cm³/mol. The molecule has 2 heterocycles. The summed E-state index contributed by atoms with van der Waals surface area (Å²) in [4.78, 5) is 27.6. The smallest absolute Gasteiger partial charge is 0.306 e. The van der Waals surface area contributed by atoms with Crippen LogP contribution in [0.3, 0.4) is 0 Å². The molecule has 0 radical (unpaired) electrons. The molecule has 23 heavy (non-hydrogen) atoms. The van der Waals surface area contributed by atoms with Crippen molar-refractivity contribution in [3.8, 4) is 5.75 Å². The highest BCUT2D eigenvalue weighted by Gasteiger charge is 2.26. The van der Waals surface area contributed by atoms with Gasteiger partial charge in [-0.2, -0.15) is 0 Å². The lowest BCUT2D eigenvalue weighted by Crippen LogP contribution is -2.15. The van der Waals surface area contributed by atoms with E-state index in [2.05, 4.69) is 4.98 Å². The fourth-order valence-corrected chi connectivity index (χ4v) is 2.21. The second kappa shape index (κ2) is 7.55. The maximum atomic E-state index is 11.9. The van der Waals surface area contributed by atoms with Gasteiger partial charge in [-0.05, 0) is 24.6 Å². The van der Waals surface area contributed by atoms with Crippen LogP contribution < -0.4 is 5.43 Å². The molecule has 0 aliphatic carbocycles. The number of hydrogen-bond donors (Lipinski definition) is 2. The monoisotopic (exact) mass is 319 g/mol. The Kier molecular flexibility index (Phi) is 5.48. The van der Waals surface area contributed by atoms with Gasteiger partial charge in [0.1, 0.15) is 12.4 Å². The van der Waals surface area contributed by atoms with Gasteiger partial charge in [0.25, 0.3) is 0 Å². The van der Waals surface area contributed by atoms with Gasteiger partial charge in [-0.25, -0.2) is 0 Å². The summed E-state index contributed by atoms with van der Waals surface area (Å²) in [5.41, 5.74) is -0.0557. The number of esters is 1. The Hall–Kier alpha value is -2.67. The van der Waals surface area contributed by atoms with Gasteiger partial charge in [0.05, 0.1) is 18.9 Å². The molecule has 2 aromatic heterocycles. The van der Waals surface area contributed by atoms with Crippen molar-refractivity contribution in [1.82, 2.24) is 4.98 Å². The summed E-state index contributed by atoms with van der Waals surface area (Å²) in [5, 5.41) is 19.2. The fourth-order valence-electron chi connectivity index (χ4n) is 2.21. The van der Waals surface area contributed by atoms with Gasteiger partial charge < -0.3 is 19.4 Å². The van der Waals surface area contributed by atoms with Crippen LogP contribution in [-0.2, 0) is 16.1 Å². The summed E-state index contributed by atoms with van der Waals surface area (Å²) in [6.45, 7) is 1.41. The highest BCUT2D eigenvalue weighted by atomic mass is 16.5. The molecule has 7 heteroatoms. The van der Waals surface area contributed by atoms with Gasteiger partial charge in [0.15, 0.2) is 5.76 Å². The molecular formula is C16H17NO6. The van der Waals surface area contributed by atoms with E-state index in [9.17, 15) is 19.8 Å². The van der Waals surface area contributed by atoms with Crippen LogP contribution in [0.5, 0.6) is 5.75 Å².